The Balaban J connectivity index is 1.18. The molecule has 0 unspecified atom stereocenters. The summed E-state index contributed by atoms with van der Waals surface area (Å²) in [4.78, 5) is 35.4. The number of carbonyl (C=O) groups is 3. The standard InChI is InChI=1S/C26H30N2O5/c29-24(28-23-12-5-7-17(23)15-25(30)31)13-6-14-27-26(32)33-16-22-20-10-3-1-8-18(20)19-9-2-4-11-21(19)22/h1-4,8-11,17,22-23H,5-7,12-16H2,(H,27,32)(H,28,29)(H,30,31)/t17-,23+/m0/s1. The molecule has 2 aliphatic carbocycles. The van der Waals surface area contributed by atoms with Gasteiger partial charge in [0, 0.05) is 24.9 Å². The zero-order valence-corrected chi connectivity index (χ0v) is 18.6. The summed E-state index contributed by atoms with van der Waals surface area (Å²) in [5, 5.41) is 14.7. The third kappa shape index (κ3) is 5.53. The molecule has 0 radical (unpaired) electrons. The molecule has 0 saturated heterocycles. The van der Waals surface area contributed by atoms with Crippen LogP contribution in [0.1, 0.15) is 55.6 Å². The van der Waals surface area contributed by atoms with Crippen LogP contribution in [0.25, 0.3) is 11.1 Å². The van der Waals surface area contributed by atoms with Crippen LogP contribution in [0.3, 0.4) is 0 Å². The van der Waals surface area contributed by atoms with E-state index in [1.807, 2.05) is 24.3 Å². The Bertz CT molecular complexity index is 976. The number of hydrogen-bond donors (Lipinski definition) is 3. The number of hydrogen-bond acceptors (Lipinski definition) is 4. The quantitative estimate of drug-likeness (QED) is 0.500. The molecule has 2 atom stereocenters. The first kappa shape index (κ1) is 22.8. The lowest BCUT2D eigenvalue weighted by Gasteiger charge is -2.19. The fourth-order valence-electron chi connectivity index (χ4n) is 5.06. The fraction of sp³-hybridized carbons (Fsp3) is 0.423. The summed E-state index contributed by atoms with van der Waals surface area (Å²) in [6.45, 7) is 0.598. The Morgan fingerprint density at radius 2 is 1.64 bits per heavy atom. The van der Waals surface area contributed by atoms with Gasteiger partial charge in [-0.3, -0.25) is 9.59 Å². The van der Waals surface area contributed by atoms with Gasteiger partial charge >= 0.3 is 12.1 Å². The van der Waals surface area contributed by atoms with Crippen LogP contribution in [0.5, 0.6) is 0 Å². The van der Waals surface area contributed by atoms with Crippen LogP contribution in [0, 0.1) is 5.92 Å². The van der Waals surface area contributed by atoms with E-state index in [0.717, 1.165) is 30.4 Å². The van der Waals surface area contributed by atoms with Gasteiger partial charge in [-0.05, 0) is 47.4 Å². The van der Waals surface area contributed by atoms with Crippen LogP contribution in [0.15, 0.2) is 48.5 Å². The topological polar surface area (TPSA) is 105 Å². The first-order chi connectivity index (χ1) is 16.0. The van der Waals surface area contributed by atoms with E-state index in [1.54, 1.807) is 0 Å². The maximum absolute atomic E-state index is 12.2. The Labute approximate surface area is 193 Å². The molecule has 4 rings (SSSR count). The predicted octanol–water partition coefficient (Wildman–Crippen LogP) is 4.06. The summed E-state index contributed by atoms with van der Waals surface area (Å²) in [7, 11) is 0. The number of carboxylic acid groups (broad SMARTS) is 1. The second-order valence-corrected chi connectivity index (χ2v) is 8.82. The summed E-state index contributed by atoms with van der Waals surface area (Å²) < 4.78 is 5.50. The van der Waals surface area contributed by atoms with Crippen LogP contribution in [-0.4, -0.2) is 42.3 Å². The van der Waals surface area contributed by atoms with E-state index in [-0.39, 0.29) is 43.2 Å². The molecule has 33 heavy (non-hydrogen) atoms. The normalized spacial score (nSPS) is 18.9. The van der Waals surface area contributed by atoms with Crippen LogP contribution in [-0.2, 0) is 14.3 Å². The molecule has 0 aromatic heterocycles. The summed E-state index contributed by atoms with van der Waals surface area (Å²) in [5.41, 5.74) is 4.69. The van der Waals surface area contributed by atoms with Gasteiger partial charge in [-0.2, -0.15) is 0 Å². The molecule has 7 nitrogen and oxygen atoms in total. The predicted molar refractivity (Wildman–Crippen MR) is 124 cm³/mol. The molecular weight excluding hydrogens is 420 g/mol. The first-order valence-corrected chi connectivity index (χ1v) is 11.6. The van der Waals surface area contributed by atoms with E-state index in [1.165, 1.54) is 11.1 Å². The highest BCUT2D eigenvalue weighted by atomic mass is 16.5. The number of amides is 2. The monoisotopic (exact) mass is 450 g/mol. The van der Waals surface area contributed by atoms with E-state index in [0.29, 0.717) is 13.0 Å². The van der Waals surface area contributed by atoms with Crippen LogP contribution in [0.2, 0.25) is 0 Å². The number of aliphatic carboxylic acids is 1. The minimum absolute atomic E-state index is 0.00500. The number of fused-ring (bicyclic) bond motifs is 3. The zero-order valence-electron chi connectivity index (χ0n) is 18.6. The van der Waals surface area contributed by atoms with E-state index < -0.39 is 12.1 Å². The molecule has 174 valence electrons. The minimum atomic E-state index is -0.826. The molecule has 0 bridgehead atoms. The van der Waals surface area contributed by atoms with Crippen molar-refractivity contribution in [3.05, 3.63) is 59.7 Å². The smallest absolute Gasteiger partial charge is 0.407 e. The van der Waals surface area contributed by atoms with Crippen molar-refractivity contribution < 1.29 is 24.2 Å². The molecule has 0 spiro atoms. The minimum Gasteiger partial charge on any atom is -0.481 e. The SMILES string of the molecule is O=C(O)C[C@@H]1CCC[C@H]1NC(=O)CCCNC(=O)OCC1c2ccccc2-c2ccccc21. The van der Waals surface area contributed by atoms with Crippen molar-refractivity contribution in [3.63, 3.8) is 0 Å². The van der Waals surface area contributed by atoms with E-state index in [2.05, 4.69) is 34.9 Å². The van der Waals surface area contributed by atoms with Crippen molar-refractivity contribution >= 4 is 18.0 Å². The van der Waals surface area contributed by atoms with Gasteiger partial charge in [0.1, 0.15) is 6.61 Å². The van der Waals surface area contributed by atoms with E-state index >= 15 is 0 Å². The number of carboxylic acids is 1. The van der Waals surface area contributed by atoms with Gasteiger partial charge in [-0.1, -0.05) is 55.0 Å². The first-order valence-electron chi connectivity index (χ1n) is 11.6. The zero-order chi connectivity index (χ0) is 23.2. The Morgan fingerprint density at radius 1 is 0.970 bits per heavy atom. The van der Waals surface area contributed by atoms with Crippen LogP contribution >= 0.6 is 0 Å². The number of benzene rings is 2. The number of rotatable bonds is 9. The lowest BCUT2D eigenvalue weighted by atomic mass is 9.98. The third-order valence-corrected chi connectivity index (χ3v) is 6.64. The summed E-state index contributed by atoms with van der Waals surface area (Å²) in [5.74, 6) is -0.912. The van der Waals surface area contributed by atoms with Crippen LogP contribution < -0.4 is 10.6 Å². The molecule has 3 N–H and O–H groups in total. The molecule has 7 heteroatoms. The summed E-state index contributed by atoms with van der Waals surface area (Å²) in [6.07, 6.45) is 2.96. The summed E-state index contributed by atoms with van der Waals surface area (Å²) >= 11 is 0. The van der Waals surface area contributed by atoms with Gasteiger partial charge < -0.3 is 20.5 Å². The lowest BCUT2D eigenvalue weighted by Crippen LogP contribution is -2.38. The molecule has 2 aromatic carbocycles. The number of carbonyl (C=O) groups excluding carboxylic acids is 2. The maximum Gasteiger partial charge on any atom is 0.407 e. The van der Waals surface area contributed by atoms with Gasteiger partial charge in [0.2, 0.25) is 5.91 Å². The third-order valence-electron chi connectivity index (χ3n) is 6.64. The van der Waals surface area contributed by atoms with Crippen molar-refractivity contribution in [3.8, 4) is 11.1 Å². The molecule has 2 amide bonds. The van der Waals surface area contributed by atoms with Crippen molar-refractivity contribution in [2.24, 2.45) is 5.92 Å². The molecule has 0 heterocycles. The number of alkyl carbamates (subject to hydrolysis) is 1. The highest BCUT2D eigenvalue weighted by molar-refractivity contribution is 5.79. The molecule has 2 aliphatic rings. The maximum atomic E-state index is 12.2. The number of nitrogens with one attached hydrogen (secondary N) is 2. The van der Waals surface area contributed by atoms with Crippen molar-refractivity contribution in [1.82, 2.24) is 10.6 Å². The Kier molecular flexibility index (Phi) is 7.27. The summed E-state index contributed by atoms with van der Waals surface area (Å²) in [6, 6.07) is 16.3. The Morgan fingerprint density at radius 3 is 2.30 bits per heavy atom. The highest BCUT2D eigenvalue weighted by Gasteiger charge is 2.30. The van der Waals surface area contributed by atoms with Crippen molar-refractivity contribution in [2.75, 3.05) is 13.2 Å². The second-order valence-electron chi connectivity index (χ2n) is 8.82. The van der Waals surface area contributed by atoms with Crippen molar-refractivity contribution in [2.45, 2.75) is 50.5 Å². The molecule has 0 aliphatic heterocycles. The Hall–Kier alpha value is -3.35. The largest absolute Gasteiger partial charge is 0.481 e. The molecule has 2 aromatic rings. The van der Waals surface area contributed by atoms with Gasteiger partial charge in [0.15, 0.2) is 0 Å². The van der Waals surface area contributed by atoms with Gasteiger partial charge in [-0.15, -0.1) is 0 Å². The number of ether oxygens (including phenoxy) is 1. The van der Waals surface area contributed by atoms with Gasteiger partial charge in [0.05, 0.1) is 6.42 Å². The molecule has 1 fully saturated rings. The highest BCUT2D eigenvalue weighted by Crippen LogP contribution is 2.44. The fourth-order valence-corrected chi connectivity index (χ4v) is 5.06. The van der Waals surface area contributed by atoms with Gasteiger partial charge in [-0.25, -0.2) is 4.79 Å². The second kappa shape index (κ2) is 10.5. The van der Waals surface area contributed by atoms with E-state index in [9.17, 15) is 14.4 Å². The molecule has 1 saturated carbocycles. The average molecular weight is 451 g/mol. The van der Waals surface area contributed by atoms with Gasteiger partial charge in [0.25, 0.3) is 0 Å². The van der Waals surface area contributed by atoms with Crippen molar-refractivity contribution in [1.29, 1.82) is 0 Å². The van der Waals surface area contributed by atoms with E-state index in [4.69, 9.17) is 9.84 Å². The average Bonchev–Trinajstić information content (AvgIpc) is 3.36. The van der Waals surface area contributed by atoms with Crippen LogP contribution in [0.4, 0.5) is 4.79 Å². The molecular formula is C26H30N2O5. The lowest BCUT2D eigenvalue weighted by molar-refractivity contribution is -0.138.